The Hall–Kier alpha value is -3.27. The van der Waals surface area contributed by atoms with Gasteiger partial charge in [-0.2, -0.15) is 0 Å². The minimum atomic E-state index is -0.571. The Labute approximate surface area is 166 Å². The van der Waals surface area contributed by atoms with Crippen LogP contribution in [0, 0.1) is 11.7 Å². The SMILES string of the molecule is COCC1CCN(c2ccncc2NC(=O)c2c(N)nn3cc(F)cnc23)CC1. The van der Waals surface area contributed by atoms with E-state index in [4.69, 9.17) is 10.5 Å². The van der Waals surface area contributed by atoms with Crippen LogP contribution in [-0.2, 0) is 4.74 Å². The fraction of sp³-hybridized carbons (Fsp3) is 0.368. The van der Waals surface area contributed by atoms with E-state index in [9.17, 15) is 9.18 Å². The first kappa shape index (κ1) is 19.1. The summed E-state index contributed by atoms with van der Waals surface area (Å²) in [7, 11) is 1.72. The molecule has 0 aliphatic carbocycles. The Morgan fingerprint density at radius 1 is 1.38 bits per heavy atom. The predicted molar refractivity (Wildman–Crippen MR) is 106 cm³/mol. The molecule has 0 radical (unpaired) electrons. The zero-order valence-electron chi connectivity index (χ0n) is 16.0. The summed E-state index contributed by atoms with van der Waals surface area (Å²) in [5.41, 5.74) is 7.63. The largest absolute Gasteiger partial charge is 0.384 e. The number of aromatic nitrogens is 4. The van der Waals surface area contributed by atoms with Gasteiger partial charge in [-0.15, -0.1) is 5.10 Å². The van der Waals surface area contributed by atoms with Crippen molar-refractivity contribution < 1.29 is 13.9 Å². The molecule has 152 valence electrons. The number of hydrogen-bond acceptors (Lipinski definition) is 7. The summed E-state index contributed by atoms with van der Waals surface area (Å²) in [4.78, 5) is 23.2. The van der Waals surface area contributed by atoms with Crippen LogP contribution < -0.4 is 16.0 Å². The number of carbonyl (C=O) groups is 1. The number of amides is 1. The molecule has 1 fully saturated rings. The first-order valence-electron chi connectivity index (χ1n) is 9.35. The number of nitrogens with zero attached hydrogens (tertiary/aromatic N) is 5. The van der Waals surface area contributed by atoms with E-state index in [0.29, 0.717) is 11.6 Å². The Balaban J connectivity index is 1.57. The van der Waals surface area contributed by atoms with Gasteiger partial charge in [0.05, 0.1) is 30.0 Å². The normalized spacial score (nSPS) is 15.0. The number of methoxy groups -OCH3 is 1. The van der Waals surface area contributed by atoms with Gasteiger partial charge in [-0.25, -0.2) is 13.9 Å². The fourth-order valence-corrected chi connectivity index (χ4v) is 3.67. The molecule has 4 rings (SSSR count). The molecule has 1 aliphatic heterocycles. The van der Waals surface area contributed by atoms with Crippen LogP contribution in [0.5, 0.6) is 0 Å². The van der Waals surface area contributed by atoms with Crippen LogP contribution in [0.2, 0.25) is 0 Å². The number of piperidine rings is 1. The van der Waals surface area contributed by atoms with E-state index >= 15 is 0 Å². The van der Waals surface area contributed by atoms with Crippen molar-refractivity contribution in [1.29, 1.82) is 0 Å². The number of hydrogen-bond donors (Lipinski definition) is 2. The molecule has 3 aromatic heterocycles. The molecule has 0 aromatic carbocycles. The van der Waals surface area contributed by atoms with Crippen LogP contribution in [-0.4, -0.2) is 52.3 Å². The van der Waals surface area contributed by atoms with E-state index in [1.807, 2.05) is 6.07 Å². The van der Waals surface area contributed by atoms with Gasteiger partial charge in [0.15, 0.2) is 17.3 Å². The minimum absolute atomic E-state index is 0.0218. The van der Waals surface area contributed by atoms with Crippen LogP contribution in [0.25, 0.3) is 5.65 Å². The van der Waals surface area contributed by atoms with Gasteiger partial charge in [-0.3, -0.25) is 9.78 Å². The zero-order chi connectivity index (χ0) is 20.4. The van der Waals surface area contributed by atoms with Crippen molar-refractivity contribution in [3.05, 3.63) is 42.2 Å². The second-order valence-corrected chi connectivity index (χ2v) is 7.03. The molecule has 0 atom stereocenters. The second kappa shape index (κ2) is 8.00. The molecule has 1 aliphatic rings. The predicted octanol–water partition coefficient (Wildman–Crippen LogP) is 1.96. The average molecular weight is 399 g/mol. The molecule has 9 nitrogen and oxygen atoms in total. The van der Waals surface area contributed by atoms with Crippen LogP contribution in [0.15, 0.2) is 30.9 Å². The van der Waals surface area contributed by atoms with Crippen molar-refractivity contribution in [1.82, 2.24) is 19.6 Å². The summed E-state index contributed by atoms with van der Waals surface area (Å²) in [5.74, 6) is -0.522. The van der Waals surface area contributed by atoms with Gasteiger partial charge >= 0.3 is 0 Å². The summed E-state index contributed by atoms with van der Waals surface area (Å²) < 4.78 is 19.8. The summed E-state index contributed by atoms with van der Waals surface area (Å²) in [6.45, 7) is 2.48. The molecule has 0 saturated carbocycles. The number of pyridine rings is 1. The third-order valence-corrected chi connectivity index (χ3v) is 5.10. The van der Waals surface area contributed by atoms with Gasteiger partial charge in [0, 0.05) is 33.0 Å². The van der Waals surface area contributed by atoms with Gasteiger partial charge in [0.1, 0.15) is 5.56 Å². The Morgan fingerprint density at radius 2 is 2.17 bits per heavy atom. The lowest BCUT2D eigenvalue weighted by Crippen LogP contribution is -2.35. The van der Waals surface area contributed by atoms with Gasteiger partial charge in [0.2, 0.25) is 0 Å². The maximum absolute atomic E-state index is 13.4. The van der Waals surface area contributed by atoms with Gasteiger partial charge < -0.3 is 20.7 Å². The lowest BCUT2D eigenvalue weighted by molar-refractivity contribution is 0.102. The standard InChI is InChI=1S/C19H22FN7O2/c1-29-11-12-3-6-26(7-4-12)15-2-5-22-9-14(15)24-19(28)16-17(21)25-27-10-13(20)8-23-18(16)27/h2,5,8-10,12H,3-4,6-7,11H2,1H3,(H2,21,25)(H,24,28). The number of nitrogens with two attached hydrogens (primary N) is 1. The molecular weight excluding hydrogens is 377 g/mol. The number of nitrogen functional groups attached to an aromatic ring is 1. The fourth-order valence-electron chi connectivity index (χ4n) is 3.67. The van der Waals surface area contributed by atoms with Crippen LogP contribution in [0.1, 0.15) is 23.2 Å². The van der Waals surface area contributed by atoms with Crippen molar-refractivity contribution in [2.24, 2.45) is 5.92 Å². The maximum atomic E-state index is 13.4. The maximum Gasteiger partial charge on any atom is 0.263 e. The molecule has 0 unspecified atom stereocenters. The number of halogens is 1. The minimum Gasteiger partial charge on any atom is -0.384 e. The Morgan fingerprint density at radius 3 is 2.93 bits per heavy atom. The number of anilines is 3. The Kier molecular flexibility index (Phi) is 5.26. The molecular formula is C19H22FN7O2. The molecule has 29 heavy (non-hydrogen) atoms. The van der Waals surface area contributed by atoms with E-state index in [-0.39, 0.29) is 17.0 Å². The summed E-state index contributed by atoms with van der Waals surface area (Å²) >= 11 is 0. The highest BCUT2D eigenvalue weighted by Crippen LogP contribution is 2.30. The summed E-state index contributed by atoms with van der Waals surface area (Å²) in [6.07, 6.45) is 7.46. The molecule has 1 saturated heterocycles. The molecule has 1 amide bonds. The molecule has 3 aromatic rings. The molecule has 3 N–H and O–H groups in total. The number of fused-ring (bicyclic) bond motifs is 1. The monoisotopic (exact) mass is 399 g/mol. The number of rotatable bonds is 5. The van der Waals surface area contributed by atoms with Crippen LogP contribution in [0.4, 0.5) is 21.6 Å². The van der Waals surface area contributed by atoms with Crippen LogP contribution >= 0.6 is 0 Å². The highest BCUT2D eigenvalue weighted by molar-refractivity contribution is 6.12. The molecule has 10 heteroatoms. The third-order valence-electron chi connectivity index (χ3n) is 5.10. The highest BCUT2D eigenvalue weighted by Gasteiger charge is 2.24. The number of ether oxygens (including phenoxy) is 1. The van der Waals surface area contributed by atoms with Crippen molar-refractivity contribution >= 4 is 28.7 Å². The lowest BCUT2D eigenvalue weighted by Gasteiger charge is -2.34. The highest BCUT2D eigenvalue weighted by atomic mass is 19.1. The number of carbonyl (C=O) groups excluding carboxylic acids is 1. The summed E-state index contributed by atoms with van der Waals surface area (Å²) in [6, 6.07) is 1.87. The lowest BCUT2D eigenvalue weighted by atomic mass is 9.97. The third kappa shape index (κ3) is 3.83. The van der Waals surface area contributed by atoms with Gasteiger partial charge in [-0.05, 0) is 24.8 Å². The van der Waals surface area contributed by atoms with Crippen molar-refractivity contribution in [2.75, 3.05) is 42.8 Å². The molecule has 4 heterocycles. The zero-order valence-corrected chi connectivity index (χ0v) is 16.0. The smallest absolute Gasteiger partial charge is 0.263 e. The van der Waals surface area contributed by atoms with Gasteiger partial charge in [-0.1, -0.05) is 0 Å². The molecule has 0 bridgehead atoms. The van der Waals surface area contributed by atoms with E-state index in [1.165, 1.54) is 0 Å². The van der Waals surface area contributed by atoms with E-state index in [0.717, 1.165) is 55.1 Å². The van der Waals surface area contributed by atoms with E-state index in [2.05, 4.69) is 25.3 Å². The Bertz CT molecular complexity index is 1030. The molecule has 0 spiro atoms. The first-order chi connectivity index (χ1) is 14.1. The van der Waals surface area contributed by atoms with Crippen molar-refractivity contribution in [3.63, 3.8) is 0 Å². The van der Waals surface area contributed by atoms with Crippen molar-refractivity contribution in [2.45, 2.75) is 12.8 Å². The van der Waals surface area contributed by atoms with Crippen molar-refractivity contribution in [3.8, 4) is 0 Å². The topological polar surface area (TPSA) is 111 Å². The van der Waals surface area contributed by atoms with E-state index < -0.39 is 11.7 Å². The second-order valence-electron chi connectivity index (χ2n) is 7.03. The van der Waals surface area contributed by atoms with E-state index in [1.54, 1.807) is 19.5 Å². The quantitative estimate of drug-likeness (QED) is 0.675. The first-order valence-corrected chi connectivity index (χ1v) is 9.35. The average Bonchev–Trinajstić information content (AvgIpc) is 3.04. The van der Waals surface area contributed by atoms with Gasteiger partial charge in [0.25, 0.3) is 5.91 Å². The van der Waals surface area contributed by atoms with Crippen LogP contribution in [0.3, 0.4) is 0 Å². The number of nitrogens with one attached hydrogen (secondary N) is 1. The summed E-state index contributed by atoms with van der Waals surface area (Å²) in [5, 5.41) is 6.83.